The number of ether oxygens (including phenoxy) is 2. The fourth-order valence-corrected chi connectivity index (χ4v) is 1.89. The second-order valence-electron chi connectivity index (χ2n) is 6.36. The van der Waals surface area contributed by atoms with Crippen LogP contribution in [-0.4, -0.2) is 11.9 Å². The molecule has 0 bridgehead atoms. The van der Waals surface area contributed by atoms with Gasteiger partial charge in [0.25, 0.3) is 0 Å². The number of carbonyl (C=O) groups excluding carboxylic acids is 2. The van der Waals surface area contributed by atoms with Gasteiger partial charge in [-0.2, -0.15) is 0 Å². The molecule has 0 saturated carbocycles. The minimum Gasteiger partial charge on any atom is -0.423 e. The fraction of sp³-hybridized carbons (Fsp3) is 0.556. The van der Waals surface area contributed by atoms with E-state index in [0.717, 1.165) is 5.56 Å². The van der Waals surface area contributed by atoms with Gasteiger partial charge in [-0.1, -0.05) is 40.7 Å². The molecular weight excluding hydrogens is 280 g/mol. The Bertz CT molecular complexity index is 526. The third-order valence-corrected chi connectivity index (χ3v) is 3.17. The van der Waals surface area contributed by atoms with Crippen LogP contribution in [0.25, 0.3) is 0 Å². The first-order valence-electron chi connectivity index (χ1n) is 7.83. The van der Waals surface area contributed by atoms with Crippen molar-refractivity contribution in [3.63, 3.8) is 0 Å². The highest BCUT2D eigenvalue weighted by Gasteiger charge is 2.19. The van der Waals surface area contributed by atoms with Gasteiger partial charge in [-0.05, 0) is 36.0 Å². The second-order valence-corrected chi connectivity index (χ2v) is 6.36. The van der Waals surface area contributed by atoms with Gasteiger partial charge in [-0.3, -0.25) is 9.59 Å². The zero-order valence-electron chi connectivity index (χ0n) is 14.2. The Morgan fingerprint density at radius 3 is 1.86 bits per heavy atom. The van der Waals surface area contributed by atoms with Crippen LogP contribution in [0.15, 0.2) is 18.2 Å². The molecule has 22 heavy (non-hydrogen) atoms. The van der Waals surface area contributed by atoms with E-state index in [-0.39, 0.29) is 17.4 Å². The monoisotopic (exact) mass is 306 g/mol. The van der Waals surface area contributed by atoms with Crippen LogP contribution in [0.3, 0.4) is 0 Å². The predicted octanol–water partition coefficient (Wildman–Crippen LogP) is 4.40. The number of hydrogen-bond acceptors (Lipinski definition) is 4. The smallest absolute Gasteiger partial charge is 0.311 e. The predicted molar refractivity (Wildman–Crippen MR) is 86.2 cm³/mol. The van der Waals surface area contributed by atoms with Crippen molar-refractivity contribution in [2.45, 2.75) is 65.7 Å². The van der Waals surface area contributed by atoms with Crippen LogP contribution < -0.4 is 9.47 Å². The van der Waals surface area contributed by atoms with Gasteiger partial charge in [0, 0.05) is 12.8 Å². The van der Waals surface area contributed by atoms with Crippen molar-refractivity contribution in [1.82, 2.24) is 0 Å². The average molecular weight is 306 g/mol. The maximum Gasteiger partial charge on any atom is 0.311 e. The van der Waals surface area contributed by atoms with E-state index < -0.39 is 0 Å². The molecule has 0 heterocycles. The van der Waals surface area contributed by atoms with Gasteiger partial charge < -0.3 is 9.47 Å². The molecule has 4 nitrogen and oxygen atoms in total. The molecule has 1 aromatic carbocycles. The van der Waals surface area contributed by atoms with Crippen molar-refractivity contribution in [3.05, 3.63) is 23.8 Å². The molecule has 0 saturated heterocycles. The van der Waals surface area contributed by atoms with Crippen molar-refractivity contribution in [2.24, 2.45) is 0 Å². The quantitative estimate of drug-likeness (QED) is 0.577. The van der Waals surface area contributed by atoms with Gasteiger partial charge in [-0.25, -0.2) is 0 Å². The molecule has 0 aliphatic heterocycles. The molecule has 1 aromatic rings. The van der Waals surface area contributed by atoms with E-state index in [2.05, 4.69) is 20.8 Å². The van der Waals surface area contributed by atoms with Crippen LogP contribution in [0.2, 0.25) is 0 Å². The lowest BCUT2D eigenvalue weighted by molar-refractivity contribution is -0.137. The summed E-state index contributed by atoms with van der Waals surface area (Å²) in [6, 6.07) is 5.37. The largest absolute Gasteiger partial charge is 0.423 e. The summed E-state index contributed by atoms with van der Waals surface area (Å²) in [6.45, 7) is 10.0. The maximum absolute atomic E-state index is 11.8. The summed E-state index contributed by atoms with van der Waals surface area (Å²) in [7, 11) is 0. The van der Waals surface area contributed by atoms with Crippen molar-refractivity contribution < 1.29 is 19.1 Å². The van der Waals surface area contributed by atoms with E-state index in [0.29, 0.717) is 37.2 Å². The molecular formula is C18H26O4. The minimum atomic E-state index is -0.321. The molecule has 0 unspecified atom stereocenters. The molecule has 0 N–H and O–H groups in total. The first-order valence-corrected chi connectivity index (χ1v) is 7.83. The maximum atomic E-state index is 11.8. The summed E-state index contributed by atoms with van der Waals surface area (Å²) in [5, 5.41) is 0. The number of carbonyl (C=O) groups is 2. The molecule has 0 fully saturated rings. The molecule has 0 radical (unpaired) electrons. The summed E-state index contributed by atoms with van der Waals surface area (Å²) < 4.78 is 10.7. The lowest BCUT2D eigenvalue weighted by Crippen LogP contribution is -2.15. The van der Waals surface area contributed by atoms with Crippen molar-refractivity contribution >= 4 is 11.9 Å². The summed E-state index contributed by atoms with van der Waals surface area (Å²) in [5.41, 5.74) is 0.930. The van der Waals surface area contributed by atoms with E-state index in [1.807, 2.05) is 19.9 Å². The van der Waals surface area contributed by atoms with Crippen LogP contribution in [-0.2, 0) is 15.0 Å². The molecule has 0 aliphatic rings. The topological polar surface area (TPSA) is 52.6 Å². The van der Waals surface area contributed by atoms with Gasteiger partial charge in [0.15, 0.2) is 11.5 Å². The van der Waals surface area contributed by atoms with Gasteiger partial charge in [-0.15, -0.1) is 0 Å². The Hall–Kier alpha value is -1.84. The van der Waals surface area contributed by atoms with E-state index in [9.17, 15) is 9.59 Å². The molecule has 0 atom stereocenters. The van der Waals surface area contributed by atoms with Crippen LogP contribution in [0.5, 0.6) is 11.5 Å². The van der Waals surface area contributed by atoms with E-state index in [4.69, 9.17) is 9.47 Å². The van der Waals surface area contributed by atoms with Crippen LogP contribution in [0.1, 0.15) is 65.9 Å². The average Bonchev–Trinajstić information content (AvgIpc) is 2.40. The standard InChI is InChI=1S/C18H26O4/c1-6-8-16(19)21-14-11-10-13(18(3,4)5)12-15(14)22-17(20)9-7-2/h10-12H,6-9H2,1-5H3. The lowest BCUT2D eigenvalue weighted by Gasteiger charge is -2.21. The molecule has 122 valence electrons. The van der Waals surface area contributed by atoms with Gasteiger partial charge in [0.2, 0.25) is 0 Å². The van der Waals surface area contributed by atoms with E-state index >= 15 is 0 Å². The van der Waals surface area contributed by atoms with E-state index in [1.165, 1.54) is 0 Å². The van der Waals surface area contributed by atoms with Crippen molar-refractivity contribution in [2.75, 3.05) is 0 Å². The highest BCUT2D eigenvalue weighted by Crippen LogP contribution is 2.34. The first-order chi connectivity index (χ1) is 10.3. The lowest BCUT2D eigenvalue weighted by atomic mass is 9.87. The molecule has 4 heteroatoms. The third kappa shape index (κ3) is 5.51. The second kappa shape index (κ2) is 7.97. The zero-order chi connectivity index (χ0) is 16.8. The minimum absolute atomic E-state index is 0.0854. The van der Waals surface area contributed by atoms with Crippen LogP contribution in [0, 0.1) is 0 Å². The Labute approximate surface area is 132 Å². The summed E-state index contributed by atoms with van der Waals surface area (Å²) in [5.74, 6) is -0.0219. The Balaban J connectivity index is 3.08. The number of hydrogen-bond donors (Lipinski definition) is 0. The number of rotatable bonds is 6. The van der Waals surface area contributed by atoms with E-state index in [1.54, 1.807) is 12.1 Å². The normalized spacial score (nSPS) is 11.1. The Morgan fingerprint density at radius 1 is 0.909 bits per heavy atom. The van der Waals surface area contributed by atoms with Crippen molar-refractivity contribution in [1.29, 1.82) is 0 Å². The van der Waals surface area contributed by atoms with Gasteiger partial charge >= 0.3 is 11.9 Å². The van der Waals surface area contributed by atoms with Crippen molar-refractivity contribution in [3.8, 4) is 11.5 Å². The van der Waals surface area contributed by atoms with Gasteiger partial charge in [0.05, 0.1) is 0 Å². The molecule has 0 aliphatic carbocycles. The molecule has 0 spiro atoms. The molecule has 1 rings (SSSR count). The number of benzene rings is 1. The Morgan fingerprint density at radius 2 is 1.41 bits per heavy atom. The SMILES string of the molecule is CCCC(=O)Oc1ccc(C(C)(C)C)cc1OC(=O)CCC. The number of esters is 2. The zero-order valence-corrected chi connectivity index (χ0v) is 14.2. The molecule has 0 amide bonds. The summed E-state index contributed by atoms with van der Waals surface area (Å²) in [6.07, 6.45) is 2.10. The summed E-state index contributed by atoms with van der Waals surface area (Å²) in [4.78, 5) is 23.5. The highest BCUT2D eigenvalue weighted by molar-refractivity contribution is 5.76. The fourth-order valence-electron chi connectivity index (χ4n) is 1.89. The first kappa shape index (κ1) is 18.2. The highest BCUT2D eigenvalue weighted by atomic mass is 16.6. The van der Waals surface area contributed by atoms with Crippen LogP contribution in [0.4, 0.5) is 0 Å². The third-order valence-electron chi connectivity index (χ3n) is 3.17. The van der Waals surface area contributed by atoms with Crippen LogP contribution >= 0.6 is 0 Å². The summed E-state index contributed by atoms with van der Waals surface area (Å²) >= 11 is 0. The van der Waals surface area contributed by atoms with Gasteiger partial charge in [0.1, 0.15) is 0 Å². The Kier molecular flexibility index (Phi) is 6.60. The molecule has 0 aromatic heterocycles.